The Bertz CT molecular complexity index is 937. The monoisotopic (exact) mass is 398 g/mol. The van der Waals surface area contributed by atoms with Crippen molar-refractivity contribution in [2.75, 3.05) is 25.5 Å². The zero-order chi connectivity index (χ0) is 19.9. The molecule has 1 aromatic carbocycles. The predicted octanol–water partition coefficient (Wildman–Crippen LogP) is 4.19. The molecule has 0 fully saturated rings. The summed E-state index contributed by atoms with van der Waals surface area (Å²) in [5.41, 5.74) is 2.15. The second kappa shape index (κ2) is 9.50. The number of thiophene rings is 1. The lowest BCUT2D eigenvalue weighted by Gasteiger charge is -2.08. The lowest BCUT2D eigenvalue weighted by atomic mass is 10.1. The number of amides is 1. The highest BCUT2D eigenvalue weighted by Gasteiger charge is 2.18. The highest BCUT2D eigenvalue weighted by atomic mass is 32.1. The van der Waals surface area contributed by atoms with Gasteiger partial charge in [0.25, 0.3) is 5.91 Å². The number of anilines is 1. The molecule has 0 saturated heterocycles. The molecule has 1 amide bonds. The molecule has 6 nitrogen and oxygen atoms in total. The zero-order valence-corrected chi connectivity index (χ0v) is 17.4. The van der Waals surface area contributed by atoms with Gasteiger partial charge in [0, 0.05) is 13.1 Å². The molecule has 2 aromatic heterocycles. The van der Waals surface area contributed by atoms with Gasteiger partial charge in [-0.25, -0.2) is 9.97 Å². The number of unbranched alkanes of at least 4 members (excludes halogenated alkanes) is 1. The topological polar surface area (TPSA) is 76.1 Å². The summed E-state index contributed by atoms with van der Waals surface area (Å²) in [4.78, 5) is 22.8. The molecular formula is C21H26N4O2S. The maximum atomic E-state index is 12.5. The quantitative estimate of drug-likeness (QED) is 0.529. The summed E-state index contributed by atoms with van der Waals surface area (Å²) in [5.74, 6) is 1.60. The first-order chi connectivity index (χ1) is 13.6. The number of rotatable bonds is 9. The van der Waals surface area contributed by atoms with Crippen LogP contribution >= 0.6 is 11.3 Å². The molecule has 0 saturated carbocycles. The number of nitrogens with zero attached hydrogens (tertiary/aromatic N) is 2. The Morgan fingerprint density at radius 1 is 1.18 bits per heavy atom. The smallest absolute Gasteiger partial charge is 0.261 e. The highest BCUT2D eigenvalue weighted by Crippen LogP contribution is 2.33. The Morgan fingerprint density at radius 2 is 1.96 bits per heavy atom. The second-order valence-electron chi connectivity index (χ2n) is 6.59. The average Bonchev–Trinajstić information content (AvgIpc) is 3.06. The predicted molar refractivity (Wildman–Crippen MR) is 115 cm³/mol. The number of hydrogen-bond donors (Lipinski definition) is 2. The van der Waals surface area contributed by atoms with E-state index in [1.54, 1.807) is 13.4 Å². The van der Waals surface area contributed by atoms with Gasteiger partial charge in [-0.1, -0.05) is 25.5 Å². The number of carbonyl (C=O) groups excluding carboxylic acids is 1. The van der Waals surface area contributed by atoms with Crippen LogP contribution in [-0.2, 0) is 6.42 Å². The van der Waals surface area contributed by atoms with Gasteiger partial charge in [-0.05, 0) is 43.0 Å². The minimum Gasteiger partial charge on any atom is -0.497 e. The SMILES string of the molecule is CCCCNC(=O)c1sc2ncnc(NCCc3ccc(OC)cc3)c2c1C. The Morgan fingerprint density at radius 3 is 2.68 bits per heavy atom. The molecule has 0 spiro atoms. The fourth-order valence-corrected chi connectivity index (χ4v) is 4.06. The third-order valence-corrected chi connectivity index (χ3v) is 5.81. The van der Waals surface area contributed by atoms with E-state index < -0.39 is 0 Å². The summed E-state index contributed by atoms with van der Waals surface area (Å²) < 4.78 is 5.19. The Hall–Kier alpha value is -2.67. The number of benzene rings is 1. The zero-order valence-electron chi connectivity index (χ0n) is 16.5. The molecule has 3 aromatic rings. The van der Waals surface area contributed by atoms with E-state index in [2.05, 4.69) is 39.7 Å². The van der Waals surface area contributed by atoms with Crippen LogP contribution in [0.25, 0.3) is 10.2 Å². The van der Waals surface area contributed by atoms with Crippen LogP contribution in [0.4, 0.5) is 5.82 Å². The molecule has 2 N–H and O–H groups in total. The molecule has 0 radical (unpaired) electrons. The normalized spacial score (nSPS) is 10.8. The standard InChI is InChI=1S/C21H26N4O2S/c1-4-5-11-23-20(26)18-14(2)17-19(24-13-25-21(17)28-18)22-12-10-15-6-8-16(27-3)9-7-15/h6-9,13H,4-5,10-12H2,1-3H3,(H,23,26)(H,22,24,25). The van der Waals surface area contributed by atoms with E-state index in [-0.39, 0.29) is 5.91 Å². The van der Waals surface area contributed by atoms with Crippen molar-refractivity contribution in [3.8, 4) is 5.75 Å². The van der Waals surface area contributed by atoms with Crippen LogP contribution in [0.15, 0.2) is 30.6 Å². The van der Waals surface area contributed by atoms with Crippen molar-refractivity contribution in [2.24, 2.45) is 0 Å². The first-order valence-corrected chi connectivity index (χ1v) is 10.3. The van der Waals surface area contributed by atoms with E-state index >= 15 is 0 Å². The van der Waals surface area contributed by atoms with Crippen molar-refractivity contribution in [1.29, 1.82) is 0 Å². The molecule has 0 bridgehead atoms. The van der Waals surface area contributed by atoms with Crippen LogP contribution in [0.3, 0.4) is 0 Å². The molecule has 2 heterocycles. The molecule has 3 rings (SSSR count). The van der Waals surface area contributed by atoms with Gasteiger partial charge in [-0.3, -0.25) is 4.79 Å². The second-order valence-corrected chi connectivity index (χ2v) is 7.59. The molecule has 28 heavy (non-hydrogen) atoms. The fourth-order valence-electron chi connectivity index (χ4n) is 3.00. The van der Waals surface area contributed by atoms with Crippen molar-refractivity contribution in [1.82, 2.24) is 15.3 Å². The Kier molecular flexibility index (Phi) is 6.81. The number of carbonyl (C=O) groups is 1. The van der Waals surface area contributed by atoms with Gasteiger partial charge in [0.2, 0.25) is 0 Å². The molecule has 0 aliphatic heterocycles. The largest absolute Gasteiger partial charge is 0.497 e. The molecule has 148 valence electrons. The van der Waals surface area contributed by atoms with Gasteiger partial charge in [0.05, 0.1) is 17.4 Å². The van der Waals surface area contributed by atoms with E-state index in [1.165, 1.54) is 16.9 Å². The van der Waals surface area contributed by atoms with Crippen molar-refractivity contribution in [2.45, 2.75) is 33.1 Å². The van der Waals surface area contributed by atoms with E-state index in [0.29, 0.717) is 11.4 Å². The maximum Gasteiger partial charge on any atom is 0.261 e. The lowest BCUT2D eigenvalue weighted by Crippen LogP contribution is -2.24. The van der Waals surface area contributed by atoms with E-state index in [0.717, 1.165) is 53.2 Å². The maximum absolute atomic E-state index is 12.5. The van der Waals surface area contributed by atoms with Gasteiger partial charge < -0.3 is 15.4 Å². The summed E-state index contributed by atoms with van der Waals surface area (Å²) >= 11 is 1.42. The highest BCUT2D eigenvalue weighted by molar-refractivity contribution is 7.20. The van der Waals surface area contributed by atoms with Crippen LogP contribution in [0.2, 0.25) is 0 Å². The number of fused-ring (bicyclic) bond motifs is 1. The van der Waals surface area contributed by atoms with Crippen LogP contribution < -0.4 is 15.4 Å². The van der Waals surface area contributed by atoms with Gasteiger partial charge >= 0.3 is 0 Å². The van der Waals surface area contributed by atoms with Crippen LogP contribution in [0.1, 0.15) is 40.6 Å². The Balaban J connectivity index is 1.71. The van der Waals surface area contributed by atoms with Crippen LogP contribution in [0.5, 0.6) is 5.75 Å². The number of ether oxygens (including phenoxy) is 1. The van der Waals surface area contributed by atoms with Crippen LogP contribution in [-0.4, -0.2) is 36.1 Å². The number of hydrogen-bond acceptors (Lipinski definition) is 6. The summed E-state index contributed by atoms with van der Waals surface area (Å²) in [5, 5.41) is 7.32. The fraction of sp³-hybridized carbons (Fsp3) is 0.381. The summed E-state index contributed by atoms with van der Waals surface area (Å²) in [6, 6.07) is 8.05. The summed E-state index contributed by atoms with van der Waals surface area (Å²) in [6.07, 6.45) is 4.45. The lowest BCUT2D eigenvalue weighted by molar-refractivity contribution is 0.0956. The summed E-state index contributed by atoms with van der Waals surface area (Å²) in [7, 11) is 1.67. The van der Waals surface area contributed by atoms with Gasteiger partial charge in [-0.2, -0.15) is 0 Å². The van der Waals surface area contributed by atoms with Gasteiger partial charge in [-0.15, -0.1) is 11.3 Å². The minimum absolute atomic E-state index is 0.0295. The van der Waals surface area contributed by atoms with E-state index in [1.807, 2.05) is 19.1 Å². The molecule has 7 heteroatoms. The molecular weight excluding hydrogens is 372 g/mol. The van der Waals surface area contributed by atoms with Crippen molar-refractivity contribution < 1.29 is 9.53 Å². The van der Waals surface area contributed by atoms with E-state index in [4.69, 9.17) is 4.74 Å². The van der Waals surface area contributed by atoms with Crippen molar-refractivity contribution in [3.63, 3.8) is 0 Å². The van der Waals surface area contributed by atoms with Crippen LogP contribution in [0, 0.1) is 6.92 Å². The number of aromatic nitrogens is 2. The Labute approximate surface area is 169 Å². The third kappa shape index (κ3) is 4.59. The van der Waals surface area contributed by atoms with Crippen molar-refractivity contribution >= 4 is 33.3 Å². The first-order valence-electron chi connectivity index (χ1n) is 9.53. The number of aryl methyl sites for hydroxylation is 1. The average molecular weight is 399 g/mol. The van der Waals surface area contributed by atoms with Gasteiger partial charge in [0.1, 0.15) is 22.7 Å². The number of methoxy groups -OCH3 is 1. The minimum atomic E-state index is -0.0295. The molecule has 0 aliphatic rings. The summed E-state index contributed by atoms with van der Waals surface area (Å²) in [6.45, 7) is 5.51. The molecule has 0 unspecified atom stereocenters. The molecule has 0 aliphatic carbocycles. The molecule has 0 atom stereocenters. The van der Waals surface area contributed by atoms with Gasteiger partial charge in [0.15, 0.2) is 0 Å². The first kappa shape index (κ1) is 20.1. The number of nitrogens with one attached hydrogen (secondary N) is 2. The third-order valence-electron chi connectivity index (χ3n) is 4.61. The van der Waals surface area contributed by atoms with E-state index in [9.17, 15) is 4.79 Å². The van der Waals surface area contributed by atoms with Crippen molar-refractivity contribution in [3.05, 3.63) is 46.6 Å².